The minimum absolute atomic E-state index is 0.0501. The maximum Gasteiger partial charge on any atom is 0.322 e. The SMILES string of the molecule is CC(=O)c1cccc(NC(=O)N2[C@@H](CO)CSC[C@@H]2c2ccccc2)c1. The number of carbonyl (C=O) groups is 2. The Labute approximate surface area is 157 Å². The van der Waals surface area contributed by atoms with Crippen molar-refractivity contribution in [3.05, 3.63) is 65.7 Å². The number of hydrogen-bond donors (Lipinski definition) is 2. The van der Waals surface area contributed by atoms with E-state index in [1.54, 1.807) is 40.9 Å². The predicted octanol–water partition coefficient (Wildman–Crippen LogP) is 3.57. The molecule has 1 heterocycles. The normalized spacial score (nSPS) is 19.8. The molecule has 1 aliphatic rings. The summed E-state index contributed by atoms with van der Waals surface area (Å²) in [5.41, 5.74) is 2.17. The van der Waals surface area contributed by atoms with Gasteiger partial charge < -0.3 is 15.3 Å². The number of aliphatic hydroxyl groups excluding tert-OH is 1. The molecule has 26 heavy (non-hydrogen) atoms. The van der Waals surface area contributed by atoms with E-state index in [-0.39, 0.29) is 30.5 Å². The van der Waals surface area contributed by atoms with Gasteiger partial charge in [0.25, 0.3) is 0 Å². The van der Waals surface area contributed by atoms with Crippen molar-refractivity contribution in [1.29, 1.82) is 0 Å². The summed E-state index contributed by atoms with van der Waals surface area (Å²) in [4.78, 5) is 26.3. The molecular weight excluding hydrogens is 348 g/mol. The van der Waals surface area contributed by atoms with Crippen LogP contribution in [0.3, 0.4) is 0 Å². The van der Waals surface area contributed by atoms with Crippen LogP contribution in [0.2, 0.25) is 0 Å². The van der Waals surface area contributed by atoms with Crippen molar-refractivity contribution in [3.63, 3.8) is 0 Å². The van der Waals surface area contributed by atoms with Crippen LogP contribution in [0, 0.1) is 0 Å². The van der Waals surface area contributed by atoms with Gasteiger partial charge in [0.05, 0.1) is 18.7 Å². The maximum atomic E-state index is 13.0. The molecule has 0 bridgehead atoms. The van der Waals surface area contributed by atoms with E-state index in [1.165, 1.54) is 6.92 Å². The van der Waals surface area contributed by atoms with Gasteiger partial charge in [0.2, 0.25) is 0 Å². The number of thioether (sulfide) groups is 1. The smallest absolute Gasteiger partial charge is 0.322 e. The Balaban J connectivity index is 1.85. The number of hydrogen-bond acceptors (Lipinski definition) is 4. The van der Waals surface area contributed by atoms with Crippen LogP contribution < -0.4 is 5.32 Å². The highest BCUT2D eigenvalue weighted by atomic mass is 32.2. The molecule has 1 fully saturated rings. The third-order valence-corrected chi connectivity index (χ3v) is 5.64. The molecule has 136 valence electrons. The molecule has 1 aliphatic heterocycles. The zero-order valence-corrected chi connectivity index (χ0v) is 15.4. The highest BCUT2D eigenvalue weighted by molar-refractivity contribution is 7.99. The van der Waals surface area contributed by atoms with Crippen LogP contribution in [0.15, 0.2) is 54.6 Å². The van der Waals surface area contributed by atoms with Crippen LogP contribution >= 0.6 is 11.8 Å². The summed E-state index contributed by atoms with van der Waals surface area (Å²) in [7, 11) is 0. The van der Waals surface area contributed by atoms with Crippen molar-refractivity contribution < 1.29 is 14.7 Å². The van der Waals surface area contributed by atoms with Crippen LogP contribution in [-0.2, 0) is 0 Å². The number of aliphatic hydroxyl groups is 1. The van der Waals surface area contributed by atoms with Crippen molar-refractivity contribution in [3.8, 4) is 0 Å². The highest BCUT2D eigenvalue weighted by Gasteiger charge is 2.35. The molecule has 2 amide bonds. The van der Waals surface area contributed by atoms with E-state index < -0.39 is 0 Å². The Kier molecular flexibility index (Phi) is 5.96. The molecule has 3 rings (SSSR count). The number of Topliss-reactive ketones (excluding diaryl/α,β-unsaturated/α-hetero) is 1. The van der Waals surface area contributed by atoms with Crippen LogP contribution in [0.5, 0.6) is 0 Å². The molecule has 0 aliphatic carbocycles. The quantitative estimate of drug-likeness (QED) is 0.807. The molecule has 0 saturated carbocycles. The van der Waals surface area contributed by atoms with E-state index in [9.17, 15) is 14.7 Å². The number of urea groups is 1. The first-order chi connectivity index (χ1) is 12.6. The Morgan fingerprint density at radius 3 is 2.62 bits per heavy atom. The molecule has 2 atom stereocenters. The number of nitrogens with zero attached hydrogens (tertiary/aromatic N) is 1. The van der Waals surface area contributed by atoms with Crippen LogP contribution in [-0.4, -0.2) is 46.0 Å². The maximum absolute atomic E-state index is 13.0. The minimum Gasteiger partial charge on any atom is -0.394 e. The third kappa shape index (κ3) is 4.08. The number of benzene rings is 2. The summed E-state index contributed by atoms with van der Waals surface area (Å²) >= 11 is 1.74. The highest BCUT2D eigenvalue weighted by Crippen LogP contribution is 2.33. The lowest BCUT2D eigenvalue weighted by atomic mass is 10.1. The Morgan fingerprint density at radius 2 is 1.92 bits per heavy atom. The summed E-state index contributed by atoms with van der Waals surface area (Å²) in [5, 5.41) is 12.7. The fraction of sp³-hybridized carbons (Fsp3) is 0.300. The number of amides is 2. The average Bonchev–Trinajstić information content (AvgIpc) is 2.68. The van der Waals surface area contributed by atoms with Crippen molar-refractivity contribution in [2.45, 2.75) is 19.0 Å². The number of ketones is 1. The second kappa shape index (κ2) is 8.38. The summed E-state index contributed by atoms with van der Waals surface area (Å²) in [6, 6.07) is 16.1. The average molecular weight is 370 g/mol. The first-order valence-electron chi connectivity index (χ1n) is 8.54. The van der Waals surface area contributed by atoms with Crippen molar-refractivity contribution in [2.24, 2.45) is 0 Å². The molecular formula is C20H22N2O3S. The number of carbonyl (C=O) groups excluding carboxylic acids is 2. The van der Waals surface area contributed by atoms with Gasteiger partial charge in [-0.15, -0.1) is 0 Å². The first-order valence-corrected chi connectivity index (χ1v) is 9.69. The van der Waals surface area contributed by atoms with E-state index in [4.69, 9.17) is 0 Å². The van der Waals surface area contributed by atoms with E-state index >= 15 is 0 Å². The van der Waals surface area contributed by atoms with Crippen molar-refractivity contribution >= 4 is 29.3 Å². The van der Waals surface area contributed by atoms with Crippen molar-refractivity contribution in [2.75, 3.05) is 23.4 Å². The van der Waals surface area contributed by atoms with Gasteiger partial charge in [-0.2, -0.15) is 11.8 Å². The minimum atomic E-state index is -0.265. The lowest BCUT2D eigenvalue weighted by molar-refractivity contribution is 0.101. The zero-order chi connectivity index (χ0) is 18.5. The molecule has 2 aromatic carbocycles. The van der Waals surface area contributed by atoms with Crippen LogP contribution in [0.4, 0.5) is 10.5 Å². The molecule has 2 aromatic rings. The summed E-state index contributed by atoms with van der Waals surface area (Å²) < 4.78 is 0. The van der Waals surface area contributed by atoms with E-state index in [1.807, 2.05) is 30.3 Å². The fourth-order valence-electron chi connectivity index (χ4n) is 3.11. The number of anilines is 1. The largest absolute Gasteiger partial charge is 0.394 e. The molecule has 0 spiro atoms. The number of nitrogens with one attached hydrogen (secondary N) is 1. The van der Waals surface area contributed by atoms with Gasteiger partial charge in [0.15, 0.2) is 5.78 Å². The Bertz CT molecular complexity index is 782. The Hall–Kier alpha value is -2.31. The van der Waals surface area contributed by atoms with E-state index in [2.05, 4.69) is 5.32 Å². The molecule has 1 saturated heterocycles. The van der Waals surface area contributed by atoms with Gasteiger partial charge in [0, 0.05) is 22.8 Å². The van der Waals surface area contributed by atoms with Gasteiger partial charge in [-0.05, 0) is 24.6 Å². The predicted molar refractivity (Wildman–Crippen MR) is 105 cm³/mol. The first kappa shape index (κ1) is 18.5. The molecule has 5 nitrogen and oxygen atoms in total. The third-order valence-electron chi connectivity index (χ3n) is 4.47. The molecule has 2 N–H and O–H groups in total. The Morgan fingerprint density at radius 1 is 1.15 bits per heavy atom. The topological polar surface area (TPSA) is 69.6 Å². The summed E-state index contributed by atoms with van der Waals surface area (Å²) in [6.07, 6.45) is 0. The van der Waals surface area contributed by atoms with Gasteiger partial charge >= 0.3 is 6.03 Å². The van der Waals surface area contributed by atoms with Crippen molar-refractivity contribution in [1.82, 2.24) is 4.90 Å². The number of rotatable bonds is 4. The standard InChI is InChI=1S/C20H22N2O3S/c1-14(24)16-8-5-9-17(10-16)21-20(25)22-18(11-23)12-26-13-19(22)15-6-3-2-4-7-15/h2-10,18-19,23H,11-13H2,1H3,(H,21,25)/t18-,19+/m0/s1. The second-order valence-electron chi connectivity index (χ2n) is 6.27. The van der Waals surface area contributed by atoms with E-state index in [0.29, 0.717) is 17.0 Å². The van der Waals surface area contributed by atoms with Gasteiger partial charge in [0.1, 0.15) is 0 Å². The second-order valence-corrected chi connectivity index (χ2v) is 7.35. The van der Waals surface area contributed by atoms with Crippen LogP contribution in [0.1, 0.15) is 28.9 Å². The summed E-state index contributed by atoms with van der Waals surface area (Å²) in [5.74, 6) is 1.42. The monoisotopic (exact) mass is 370 g/mol. The molecule has 0 aromatic heterocycles. The van der Waals surface area contributed by atoms with Gasteiger partial charge in [-0.1, -0.05) is 42.5 Å². The molecule has 6 heteroatoms. The van der Waals surface area contributed by atoms with Crippen LogP contribution in [0.25, 0.3) is 0 Å². The fourth-order valence-corrected chi connectivity index (χ4v) is 4.37. The van der Waals surface area contributed by atoms with Gasteiger partial charge in [-0.25, -0.2) is 4.79 Å². The lowest BCUT2D eigenvalue weighted by Gasteiger charge is -2.41. The summed E-state index contributed by atoms with van der Waals surface area (Å²) in [6.45, 7) is 1.41. The van der Waals surface area contributed by atoms with E-state index in [0.717, 1.165) is 11.3 Å². The van der Waals surface area contributed by atoms with Gasteiger partial charge in [-0.3, -0.25) is 4.79 Å². The molecule has 0 radical (unpaired) electrons. The zero-order valence-electron chi connectivity index (χ0n) is 14.6. The molecule has 0 unspecified atom stereocenters. The lowest BCUT2D eigenvalue weighted by Crippen LogP contribution is -2.51.